The highest BCUT2D eigenvalue weighted by molar-refractivity contribution is 7.89. The Morgan fingerprint density at radius 1 is 1.24 bits per heavy atom. The van der Waals surface area contributed by atoms with Gasteiger partial charge in [0.2, 0.25) is 10.0 Å². The molecule has 0 atom stereocenters. The van der Waals surface area contributed by atoms with Gasteiger partial charge in [-0.25, -0.2) is 8.42 Å². The summed E-state index contributed by atoms with van der Waals surface area (Å²) in [5.41, 5.74) is 0.676. The minimum absolute atomic E-state index is 0.000467. The number of rotatable bonds is 4. The Morgan fingerprint density at radius 3 is 2.76 bits per heavy atom. The van der Waals surface area contributed by atoms with Gasteiger partial charge in [-0.15, -0.1) is 11.3 Å². The van der Waals surface area contributed by atoms with Crippen LogP contribution in [-0.4, -0.2) is 44.2 Å². The standard InChI is InChI=1S/C18H18ClN3O5S2/c19-11-8-13-14(27-10-16(23)20-13)9-12(11)21-18(24)17-15(4-7-28-17)29(25,26)22-5-2-1-3-6-22/h4,7-9H,1-3,5-6,10H2,(H,20,23)(H,21,24). The number of carbonyl (C=O) groups is 2. The molecule has 11 heteroatoms. The maximum Gasteiger partial charge on any atom is 0.267 e. The van der Waals surface area contributed by atoms with Crippen LogP contribution in [0.25, 0.3) is 0 Å². The molecule has 2 aromatic rings. The summed E-state index contributed by atoms with van der Waals surface area (Å²) in [4.78, 5) is 24.3. The fourth-order valence-electron chi connectivity index (χ4n) is 3.29. The SMILES string of the molecule is O=C1COc2cc(NC(=O)c3sccc3S(=O)(=O)N3CCCCC3)c(Cl)cc2N1. The van der Waals surface area contributed by atoms with Crippen molar-refractivity contribution in [2.24, 2.45) is 0 Å². The molecule has 1 aromatic heterocycles. The summed E-state index contributed by atoms with van der Waals surface area (Å²) >= 11 is 7.27. The lowest BCUT2D eigenvalue weighted by Gasteiger charge is -2.25. The summed E-state index contributed by atoms with van der Waals surface area (Å²) in [6.07, 6.45) is 2.63. The number of fused-ring (bicyclic) bond motifs is 1. The van der Waals surface area contributed by atoms with E-state index < -0.39 is 15.9 Å². The number of benzene rings is 1. The van der Waals surface area contributed by atoms with Gasteiger partial charge in [0.1, 0.15) is 15.5 Å². The number of nitrogens with zero attached hydrogens (tertiary/aromatic N) is 1. The van der Waals surface area contributed by atoms with E-state index in [1.54, 1.807) is 5.38 Å². The highest BCUT2D eigenvalue weighted by Crippen LogP contribution is 2.37. The van der Waals surface area contributed by atoms with Crippen molar-refractivity contribution in [2.45, 2.75) is 24.2 Å². The fourth-order valence-corrected chi connectivity index (χ4v) is 6.31. The minimum Gasteiger partial charge on any atom is -0.482 e. The average molecular weight is 456 g/mol. The maximum absolute atomic E-state index is 13.0. The zero-order valence-corrected chi connectivity index (χ0v) is 17.6. The predicted octanol–water partition coefficient (Wildman–Crippen LogP) is 3.16. The van der Waals surface area contributed by atoms with Crippen molar-refractivity contribution in [1.29, 1.82) is 0 Å². The van der Waals surface area contributed by atoms with Crippen LogP contribution in [0, 0.1) is 0 Å². The highest BCUT2D eigenvalue weighted by atomic mass is 35.5. The van der Waals surface area contributed by atoms with Gasteiger partial charge in [0, 0.05) is 19.2 Å². The molecule has 2 N–H and O–H groups in total. The first-order valence-corrected chi connectivity index (χ1v) is 11.7. The van der Waals surface area contributed by atoms with Crippen molar-refractivity contribution in [1.82, 2.24) is 4.31 Å². The summed E-state index contributed by atoms with van der Waals surface area (Å²) in [6, 6.07) is 4.43. The molecular weight excluding hydrogens is 438 g/mol. The van der Waals surface area contributed by atoms with Crippen molar-refractivity contribution in [2.75, 3.05) is 30.3 Å². The second kappa shape index (κ2) is 7.94. The molecule has 2 amide bonds. The smallest absolute Gasteiger partial charge is 0.267 e. The van der Waals surface area contributed by atoms with Gasteiger partial charge in [-0.2, -0.15) is 4.31 Å². The number of nitrogens with one attached hydrogen (secondary N) is 2. The largest absolute Gasteiger partial charge is 0.482 e. The van der Waals surface area contributed by atoms with E-state index >= 15 is 0 Å². The normalized spacial score (nSPS) is 17.2. The van der Waals surface area contributed by atoms with Crippen LogP contribution in [0.1, 0.15) is 28.9 Å². The number of hydrogen-bond acceptors (Lipinski definition) is 6. The molecule has 0 unspecified atom stereocenters. The van der Waals surface area contributed by atoms with Crippen molar-refractivity contribution >= 4 is 56.2 Å². The Labute approximate surface area is 176 Å². The van der Waals surface area contributed by atoms with Crippen LogP contribution in [0.4, 0.5) is 11.4 Å². The van der Waals surface area contributed by atoms with Crippen molar-refractivity contribution in [3.05, 3.63) is 33.5 Å². The summed E-state index contributed by atoms with van der Waals surface area (Å²) in [7, 11) is -3.74. The molecule has 4 rings (SSSR count). The zero-order valence-electron chi connectivity index (χ0n) is 15.2. The lowest BCUT2D eigenvalue weighted by Crippen LogP contribution is -2.36. The fraction of sp³-hybridized carbons (Fsp3) is 0.333. The van der Waals surface area contributed by atoms with Crippen LogP contribution < -0.4 is 15.4 Å². The first-order valence-electron chi connectivity index (χ1n) is 9.01. The molecule has 0 radical (unpaired) electrons. The zero-order chi connectivity index (χ0) is 20.6. The number of amides is 2. The lowest BCUT2D eigenvalue weighted by molar-refractivity contribution is -0.118. The number of thiophene rings is 1. The van der Waals surface area contributed by atoms with Crippen molar-refractivity contribution in [3.8, 4) is 5.75 Å². The number of carbonyl (C=O) groups excluding carboxylic acids is 2. The Balaban J connectivity index is 1.59. The summed E-state index contributed by atoms with van der Waals surface area (Å²) < 4.78 is 32.7. The molecule has 2 aliphatic rings. The Hall–Kier alpha value is -2.14. The topological polar surface area (TPSA) is 105 Å². The van der Waals surface area contributed by atoms with Gasteiger partial charge in [-0.1, -0.05) is 18.0 Å². The number of ether oxygens (including phenoxy) is 1. The van der Waals surface area contributed by atoms with Crippen molar-refractivity contribution < 1.29 is 22.7 Å². The molecule has 0 aliphatic carbocycles. The first kappa shape index (κ1) is 20.1. The first-order chi connectivity index (χ1) is 13.9. The minimum atomic E-state index is -3.74. The maximum atomic E-state index is 13.0. The predicted molar refractivity (Wildman–Crippen MR) is 110 cm³/mol. The molecule has 1 saturated heterocycles. The van der Waals surface area contributed by atoms with Crippen LogP contribution in [-0.2, 0) is 14.8 Å². The van der Waals surface area contributed by atoms with Gasteiger partial charge in [0.05, 0.1) is 16.4 Å². The second-order valence-corrected chi connectivity index (χ2v) is 9.93. The number of halogens is 1. The summed E-state index contributed by atoms with van der Waals surface area (Å²) in [5.74, 6) is -0.495. The molecule has 1 aromatic carbocycles. The van der Waals surface area contributed by atoms with Crippen LogP contribution in [0.3, 0.4) is 0 Å². The number of anilines is 2. The van der Waals surface area contributed by atoms with Crippen LogP contribution in [0.2, 0.25) is 5.02 Å². The third-order valence-corrected chi connectivity index (χ3v) is 8.01. The van der Waals surface area contributed by atoms with E-state index in [1.807, 2.05) is 0 Å². The molecule has 0 saturated carbocycles. The van der Waals surface area contributed by atoms with Crippen LogP contribution in [0.15, 0.2) is 28.5 Å². The number of sulfonamides is 1. The summed E-state index contributed by atoms with van der Waals surface area (Å²) in [6.45, 7) is 0.781. The van der Waals surface area contributed by atoms with Gasteiger partial charge in [-0.05, 0) is 30.4 Å². The van der Waals surface area contributed by atoms with E-state index in [2.05, 4.69) is 10.6 Å². The van der Waals surface area contributed by atoms with E-state index in [-0.39, 0.29) is 33.0 Å². The van der Waals surface area contributed by atoms with E-state index in [9.17, 15) is 18.0 Å². The number of hydrogen-bond donors (Lipinski definition) is 2. The second-order valence-electron chi connectivity index (χ2n) is 6.70. The third-order valence-electron chi connectivity index (χ3n) is 4.72. The third kappa shape index (κ3) is 3.97. The highest BCUT2D eigenvalue weighted by Gasteiger charge is 2.31. The van der Waals surface area contributed by atoms with E-state index in [0.717, 1.165) is 30.6 Å². The Morgan fingerprint density at radius 2 is 2.00 bits per heavy atom. The Kier molecular flexibility index (Phi) is 5.52. The van der Waals surface area contributed by atoms with Crippen LogP contribution >= 0.6 is 22.9 Å². The molecule has 0 spiro atoms. The molecular formula is C18H18ClN3O5S2. The van der Waals surface area contributed by atoms with Gasteiger partial charge in [0.15, 0.2) is 6.61 Å². The van der Waals surface area contributed by atoms with Gasteiger partial charge >= 0.3 is 0 Å². The molecule has 1 fully saturated rings. The van der Waals surface area contributed by atoms with Gasteiger partial charge < -0.3 is 15.4 Å². The molecule has 154 valence electrons. The van der Waals surface area contributed by atoms with E-state index in [4.69, 9.17) is 16.3 Å². The monoisotopic (exact) mass is 455 g/mol. The molecule has 0 bridgehead atoms. The average Bonchev–Trinajstić information content (AvgIpc) is 3.20. The Bertz CT molecular complexity index is 1080. The molecule has 8 nitrogen and oxygen atoms in total. The molecule has 3 heterocycles. The lowest BCUT2D eigenvalue weighted by atomic mass is 10.2. The van der Waals surface area contributed by atoms with E-state index in [0.29, 0.717) is 24.5 Å². The van der Waals surface area contributed by atoms with Gasteiger partial charge in [0.25, 0.3) is 11.8 Å². The van der Waals surface area contributed by atoms with Crippen molar-refractivity contribution in [3.63, 3.8) is 0 Å². The molecule has 29 heavy (non-hydrogen) atoms. The van der Waals surface area contributed by atoms with Crippen LogP contribution in [0.5, 0.6) is 5.75 Å². The quantitative estimate of drug-likeness (QED) is 0.736. The number of piperidine rings is 1. The summed E-state index contributed by atoms with van der Waals surface area (Å²) in [5, 5.41) is 7.06. The van der Waals surface area contributed by atoms with Gasteiger partial charge in [-0.3, -0.25) is 9.59 Å². The van der Waals surface area contributed by atoms with E-state index in [1.165, 1.54) is 22.5 Å². The molecule has 2 aliphatic heterocycles.